The lowest BCUT2D eigenvalue weighted by Crippen LogP contribution is -2.19. The van der Waals surface area contributed by atoms with Gasteiger partial charge in [-0.1, -0.05) is 36.4 Å². The van der Waals surface area contributed by atoms with E-state index >= 15 is 0 Å². The summed E-state index contributed by atoms with van der Waals surface area (Å²) in [5.41, 5.74) is 3.40. The van der Waals surface area contributed by atoms with Gasteiger partial charge in [-0.25, -0.2) is 9.78 Å². The van der Waals surface area contributed by atoms with Gasteiger partial charge in [-0.2, -0.15) is 0 Å². The van der Waals surface area contributed by atoms with Crippen molar-refractivity contribution in [3.63, 3.8) is 0 Å². The lowest BCUT2D eigenvalue weighted by molar-refractivity contribution is -0.116. The van der Waals surface area contributed by atoms with Gasteiger partial charge >= 0.3 is 6.03 Å². The second-order valence-electron chi connectivity index (χ2n) is 6.78. The average Bonchev–Trinajstić information content (AvgIpc) is 3.17. The van der Waals surface area contributed by atoms with Crippen LogP contribution in [-0.2, 0) is 11.2 Å². The Bertz CT molecular complexity index is 1150. The van der Waals surface area contributed by atoms with Crippen LogP contribution in [0.4, 0.5) is 22.0 Å². The molecule has 0 spiro atoms. The minimum absolute atomic E-state index is 0.115. The number of carbonyl (C=O) groups is 2. The van der Waals surface area contributed by atoms with Crippen LogP contribution in [0.15, 0.2) is 79.1 Å². The number of H-pyrrole nitrogens is 1. The standard InChI is InChI=1S/C23H21N5O2/c29-22(13-10-16-14-24-20-9-5-4-8-19(16)20)28-21-12-11-18(15-25-21)27-23(30)26-17-6-2-1-3-7-17/h1-9,11-12,14-15,24H,10,13H2,(H,25,28,29)(H2,26,27,30). The molecule has 7 nitrogen and oxygen atoms in total. The number of nitrogens with zero attached hydrogens (tertiary/aromatic N) is 1. The molecule has 0 aliphatic rings. The predicted molar refractivity (Wildman–Crippen MR) is 119 cm³/mol. The molecule has 2 aromatic heterocycles. The lowest BCUT2D eigenvalue weighted by Gasteiger charge is -2.08. The summed E-state index contributed by atoms with van der Waals surface area (Å²) in [5, 5.41) is 9.35. The van der Waals surface area contributed by atoms with Crippen molar-refractivity contribution in [2.75, 3.05) is 16.0 Å². The van der Waals surface area contributed by atoms with Gasteiger partial charge in [0.1, 0.15) is 5.82 Å². The molecule has 3 amide bonds. The molecule has 0 unspecified atom stereocenters. The molecule has 4 N–H and O–H groups in total. The highest BCUT2D eigenvalue weighted by molar-refractivity contribution is 5.99. The fourth-order valence-corrected chi connectivity index (χ4v) is 3.15. The molecular weight excluding hydrogens is 378 g/mol. The Kier molecular flexibility index (Phi) is 5.70. The molecule has 30 heavy (non-hydrogen) atoms. The van der Waals surface area contributed by atoms with E-state index in [0.29, 0.717) is 30.0 Å². The van der Waals surface area contributed by atoms with E-state index in [2.05, 4.69) is 25.9 Å². The van der Waals surface area contributed by atoms with Gasteiger partial charge in [0, 0.05) is 29.2 Å². The van der Waals surface area contributed by atoms with Gasteiger partial charge in [0.2, 0.25) is 5.91 Å². The van der Waals surface area contributed by atoms with Gasteiger partial charge in [0.15, 0.2) is 0 Å². The maximum absolute atomic E-state index is 12.3. The van der Waals surface area contributed by atoms with Crippen LogP contribution in [-0.4, -0.2) is 21.9 Å². The van der Waals surface area contributed by atoms with Crippen molar-refractivity contribution in [1.29, 1.82) is 0 Å². The first-order chi connectivity index (χ1) is 14.7. The predicted octanol–water partition coefficient (Wildman–Crippen LogP) is 4.78. The zero-order valence-corrected chi connectivity index (χ0v) is 16.2. The summed E-state index contributed by atoms with van der Waals surface area (Å²) in [5.74, 6) is 0.322. The lowest BCUT2D eigenvalue weighted by atomic mass is 10.1. The monoisotopic (exact) mass is 399 g/mol. The van der Waals surface area contributed by atoms with E-state index in [4.69, 9.17) is 0 Å². The molecule has 0 saturated heterocycles. The van der Waals surface area contributed by atoms with Crippen molar-refractivity contribution in [2.24, 2.45) is 0 Å². The molecule has 2 heterocycles. The highest BCUT2D eigenvalue weighted by Crippen LogP contribution is 2.19. The molecule has 2 aromatic carbocycles. The third-order valence-electron chi connectivity index (χ3n) is 4.62. The van der Waals surface area contributed by atoms with Crippen LogP contribution in [0.5, 0.6) is 0 Å². The Hall–Kier alpha value is -4.13. The smallest absolute Gasteiger partial charge is 0.323 e. The number of pyridine rings is 1. The molecule has 0 aliphatic heterocycles. The number of aromatic nitrogens is 2. The number of nitrogens with one attached hydrogen (secondary N) is 4. The zero-order valence-electron chi connectivity index (χ0n) is 16.2. The molecule has 0 bridgehead atoms. The normalized spacial score (nSPS) is 10.5. The van der Waals surface area contributed by atoms with Gasteiger partial charge in [-0.3, -0.25) is 4.79 Å². The molecule has 4 rings (SSSR count). The maximum Gasteiger partial charge on any atom is 0.323 e. The van der Waals surface area contributed by atoms with E-state index in [0.717, 1.165) is 16.5 Å². The number of benzene rings is 2. The van der Waals surface area contributed by atoms with Gasteiger partial charge in [0.25, 0.3) is 0 Å². The van der Waals surface area contributed by atoms with Gasteiger partial charge < -0.3 is 20.9 Å². The minimum Gasteiger partial charge on any atom is -0.361 e. The number of urea groups is 1. The summed E-state index contributed by atoms with van der Waals surface area (Å²) in [6, 6.07) is 20.1. The molecule has 150 valence electrons. The molecule has 0 atom stereocenters. The van der Waals surface area contributed by atoms with E-state index < -0.39 is 0 Å². The Morgan fingerprint density at radius 1 is 0.833 bits per heavy atom. The molecular formula is C23H21N5O2. The van der Waals surface area contributed by atoms with E-state index in [1.54, 1.807) is 24.3 Å². The summed E-state index contributed by atoms with van der Waals surface area (Å²) < 4.78 is 0. The summed E-state index contributed by atoms with van der Waals surface area (Å²) >= 11 is 0. The van der Waals surface area contributed by atoms with Crippen molar-refractivity contribution < 1.29 is 9.59 Å². The van der Waals surface area contributed by atoms with Crippen molar-refractivity contribution >= 4 is 40.0 Å². The largest absolute Gasteiger partial charge is 0.361 e. The third kappa shape index (κ3) is 4.82. The average molecular weight is 399 g/mol. The number of hydrogen-bond donors (Lipinski definition) is 4. The number of amides is 3. The first kappa shape index (κ1) is 19.2. The molecule has 0 fully saturated rings. The Morgan fingerprint density at radius 2 is 1.60 bits per heavy atom. The summed E-state index contributed by atoms with van der Waals surface area (Å²) in [6.07, 6.45) is 4.43. The van der Waals surface area contributed by atoms with Crippen LogP contribution < -0.4 is 16.0 Å². The van der Waals surface area contributed by atoms with Crippen LogP contribution in [0.3, 0.4) is 0 Å². The zero-order chi connectivity index (χ0) is 20.8. The summed E-state index contributed by atoms with van der Waals surface area (Å²) in [6.45, 7) is 0. The van der Waals surface area contributed by atoms with E-state index in [-0.39, 0.29) is 11.9 Å². The number of aromatic amines is 1. The van der Waals surface area contributed by atoms with Crippen LogP contribution >= 0.6 is 0 Å². The number of aryl methyl sites for hydroxylation is 1. The van der Waals surface area contributed by atoms with Crippen LogP contribution in [0, 0.1) is 0 Å². The van der Waals surface area contributed by atoms with Crippen LogP contribution in [0.1, 0.15) is 12.0 Å². The first-order valence-electron chi connectivity index (χ1n) is 9.61. The maximum atomic E-state index is 12.3. The summed E-state index contributed by atoms with van der Waals surface area (Å²) in [7, 11) is 0. The van der Waals surface area contributed by atoms with E-state index in [9.17, 15) is 9.59 Å². The van der Waals surface area contributed by atoms with Crippen molar-refractivity contribution in [3.05, 3.63) is 84.7 Å². The van der Waals surface area contributed by atoms with Crippen molar-refractivity contribution in [1.82, 2.24) is 9.97 Å². The highest BCUT2D eigenvalue weighted by atomic mass is 16.2. The highest BCUT2D eigenvalue weighted by Gasteiger charge is 2.08. The number of hydrogen-bond acceptors (Lipinski definition) is 3. The minimum atomic E-state index is -0.362. The molecule has 0 radical (unpaired) electrons. The Labute approximate surface area is 173 Å². The molecule has 7 heteroatoms. The number of anilines is 3. The summed E-state index contributed by atoms with van der Waals surface area (Å²) in [4.78, 5) is 31.7. The van der Waals surface area contributed by atoms with Gasteiger partial charge in [-0.05, 0) is 42.3 Å². The molecule has 4 aromatic rings. The van der Waals surface area contributed by atoms with Crippen LogP contribution in [0.25, 0.3) is 10.9 Å². The second kappa shape index (κ2) is 8.91. The van der Waals surface area contributed by atoms with Crippen molar-refractivity contribution in [2.45, 2.75) is 12.8 Å². The van der Waals surface area contributed by atoms with Crippen LogP contribution in [0.2, 0.25) is 0 Å². The fourth-order valence-electron chi connectivity index (χ4n) is 3.15. The second-order valence-corrected chi connectivity index (χ2v) is 6.78. The van der Waals surface area contributed by atoms with Gasteiger partial charge in [0.05, 0.1) is 11.9 Å². The molecule has 0 saturated carbocycles. The first-order valence-corrected chi connectivity index (χ1v) is 9.61. The number of fused-ring (bicyclic) bond motifs is 1. The Balaban J connectivity index is 1.27. The fraction of sp³-hybridized carbons (Fsp3) is 0.0870. The number of rotatable bonds is 6. The van der Waals surface area contributed by atoms with Gasteiger partial charge in [-0.15, -0.1) is 0 Å². The third-order valence-corrected chi connectivity index (χ3v) is 4.62. The van der Waals surface area contributed by atoms with E-state index in [1.165, 1.54) is 6.20 Å². The SMILES string of the molecule is O=C(CCc1c[nH]c2ccccc12)Nc1ccc(NC(=O)Nc2ccccc2)cn1. The quantitative estimate of drug-likeness (QED) is 0.375. The Morgan fingerprint density at radius 3 is 2.40 bits per heavy atom. The number of carbonyl (C=O) groups excluding carboxylic acids is 2. The van der Waals surface area contributed by atoms with E-state index in [1.807, 2.05) is 48.7 Å². The molecule has 0 aliphatic carbocycles. The van der Waals surface area contributed by atoms with Crippen molar-refractivity contribution in [3.8, 4) is 0 Å². The number of para-hydroxylation sites is 2. The topological polar surface area (TPSA) is 98.9 Å².